The van der Waals surface area contributed by atoms with Crippen LogP contribution in [-0.2, 0) is 6.42 Å². The Kier molecular flexibility index (Phi) is 4.53. The van der Waals surface area contributed by atoms with Gasteiger partial charge in [-0.15, -0.1) is 0 Å². The van der Waals surface area contributed by atoms with Crippen molar-refractivity contribution < 1.29 is 9.50 Å². The van der Waals surface area contributed by atoms with E-state index in [1.807, 2.05) is 18.2 Å². The molecule has 0 aliphatic heterocycles. The molecule has 0 bridgehead atoms. The van der Waals surface area contributed by atoms with Gasteiger partial charge < -0.3 is 5.11 Å². The van der Waals surface area contributed by atoms with Gasteiger partial charge in [0.25, 0.3) is 0 Å². The van der Waals surface area contributed by atoms with Crippen molar-refractivity contribution in [3.8, 4) is 5.75 Å². The lowest BCUT2D eigenvalue weighted by atomic mass is 9.55. The molecule has 3 aliphatic rings. The molecule has 2 fully saturated rings. The van der Waals surface area contributed by atoms with E-state index < -0.39 is 0 Å². The molecule has 0 heterocycles. The number of phenols is 1. The van der Waals surface area contributed by atoms with Crippen molar-refractivity contribution in [2.75, 3.05) is 0 Å². The Bertz CT molecular complexity index is 998. The van der Waals surface area contributed by atoms with E-state index in [0.29, 0.717) is 23.5 Å². The minimum Gasteiger partial charge on any atom is -0.508 e. The molecule has 0 spiro atoms. The molecule has 0 radical (unpaired) electrons. The number of fused-ring (bicyclic) bond motifs is 5. The van der Waals surface area contributed by atoms with Gasteiger partial charge in [-0.05, 0) is 97.2 Å². The zero-order valence-electron chi connectivity index (χ0n) is 16.8. The highest BCUT2D eigenvalue weighted by atomic mass is 19.1. The third-order valence-electron chi connectivity index (χ3n) is 7.69. The minimum absolute atomic E-state index is 0.120. The van der Waals surface area contributed by atoms with E-state index in [1.54, 1.807) is 12.3 Å². The normalized spacial score (nSPS) is 32.2. The number of benzene rings is 2. The maximum atomic E-state index is 13.4. The van der Waals surface area contributed by atoms with Crippen LogP contribution in [0.15, 0.2) is 52.7 Å². The highest BCUT2D eigenvalue weighted by Gasteiger charge is 2.53. The quantitative estimate of drug-likeness (QED) is 0.506. The van der Waals surface area contributed by atoms with Gasteiger partial charge in [0.05, 0.1) is 6.21 Å². The fourth-order valence-electron chi connectivity index (χ4n) is 6.27. The van der Waals surface area contributed by atoms with Crippen LogP contribution in [0.4, 0.5) is 4.39 Å². The third kappa shape index (κ3) is 3.19. The Morgan fingerprint density at radius 1 is 1.10 bits per heavy atom. The first-order valence-corrected chi connectivity index (χ1v) is 10.7. The third-order valence-corrected chi connectivity index (χ3v) is 7.69. The second kappa shape index (κ2) is 7.08. The van der Waals surface area contributed by atoms with Crippen LogP contribution in [0.3, 0.4) is 0 Å². The fraction of sp³-hybridized carbons (Fsp3) is 0.440. The standard InChI is InChI=1S/C25H27FN2O/c1-25-12-11-21-20-8-6-19(29)14-17(20)5-7-22(21)23(25)9-10-24(25)28-27-15-16-3-2-4-18(26)13-16/h2-4,6,8,13-15,21-23,29H,5,7,9-12H2,1H3/t21-,22+,23-,25+/m1/s1. The van der Waals surface area contributed by atoms with Crippen molar-refractivity contribution in [2.45, 2.75) is 51.4 Å². The number of aromatic hydroxyl groups is 1. The molecular weight excluding hydrogens is 363 g/mol. The van der Waals surface area contributed by atoms with Gasteiger partial charge in [-0.2, -0.15) is 10.2 Å². The number of phenolic OH excluding ortho intramolecular Hbond substituents is 1. The molecule has 150 valence electrons. The minimum atomic E-state index is -0.251. The van der Waals surface area contributed by atoms with Gasteiger partial charge >= 0.3 is 0 Å². The van der Waals surface area contributed by atoms with Crippen molar-refractivity contribution in [1.29, 1.82) is 0 Å². The molecular formula is C25H27FN2O. The zero-order valence-corrected chi connectivity index (χ0v) is 16.8. The Labute approximate surface area is 171 Å². The summed E-state index contributed by atoms with van der Waals surface area (Å²) in [6.45, 7) is 2.38. The summed E-state index contributed by atoms with van der Waals surface area (Å²) in [5.41, 5.74) is 4.86. The summed E-state index contributed by atoms with van der Waals surface area (Å²) in [5.74, 6) is 2.07. The molecule has 0 unspecified atom stereocenters. The van der Waals surface area contributed by atoms with Crippen molar-refractivity contribution in [3.05, 3.63) is 65.0 Å². The van der Waals surface area contributed by atoms with Gasteiger partial charge in [-0.25, -0.2) is 4.39 Å². The molecule has 0 amide bonds. The lowest BCUT2D eigenvalue weighted by Gasteiger charge is -2.49. The number of hydrogen-bond donors (Lipinski definition) is 1. The number of aryl methyl sites for hydroxylation is 1. The van der Waals surface area contributed by atoms with Crippen LogP contribution in [0.1, 0.15) is 61.6 Å². The lowest BCUT2D eigenvalue weighted by molar-refractivity contribution is 0.0955. The zero-order chi connectivity index (χ0) is 20.0. The summed E-state index contributed by atoms with van der Waals surface area (Å²) in [4.78, 5) is 0. The Morgan fingerprint density at radius 3 is 2.86 bits per heavy atom. The highest BCUT2D eigenvalue weighted by Crippen LogP contribution is 2.60. The fourth-order valence-corrected chi connectivity index (χ4v) is 6.27. The second-order valence-corrected chi connectivity index (χ2v) is 9.14. The number of halogens is 1. The molecule has 0 aromatic heterocycles. The van der Waals surface area contributed by atoms with Crippen molar-refractivity contribution in [2.24, 2.45) is 27.5 Å². The molecule has 4 heteroatoms. The molecule has 2 aromatic carbocycles. The van der Waals surface area contributed by atoms with Crippen molar-refractivity contribution in [3.63, 3.8) is 0 Å². The van der Waals surface area contributed by atoms with E-state index in [9.17, 15) is 9.50 Å². The highest BCUT2D eigenvalue weighted by molar-refractivity contribution is 5.93. The molecule has 3 aliphatic carbocycles. The average molecular weight is 391 g/mol. The molecule has 1 N–H and O–H groups in total. The van der Waals surface area contributed by atoms with Gasteiger partial charge in [0.2, 0.25) is 0 Å². The Balaban J connectivity index is 1.38. The lowest BCUT2D eigenvalue weighted by Crippen LogP contribution is -2.42. The maximum absolute atomic E-state index is 13.4. The molecule has 2 saturated carbocycles. The predicted octanol–water partition coefficient (Wildman–Crippen LogP) is 5.86. The van der Waals surface area contributed by atoms with E-state index in [1.165, 1.54) is 48.2 Å². The summed E-state index contributed by atoms with van der Waals surface area (Å²) < 4.78 is 13.4. The SMILES string of the molecule is C[C@]12CC[C@@H]3c4ccc(O)cc4CC[C@@H]3[C@H]1CCC2=NN=Cc1cccc(F)c1. The molecule has 0 saturated heterocycles. The first-order chi connectivity index (χ1) is 14.0. The Morgan fingerprint density at radius 2 is 2.00 bits per heavy atom. The number of hydrogen-bond acceptors (Lipinski definition) is 3. The van der Waals surface area contributed by atoms with Gasteiger partial charge in [-0.1, -0.05) is 25.1 Å². The average Bonchev–Trinajstić information content (AvgIpc) is 3.04. The Hall–Kier alpha value is -2.49. The molecule has 4 atom stereocenters. The van der Waals surface area contributed by atoms with Gasteiger partial charge in [-0.3, -0.25) is 0 Å². The van der Waals surface area contributed by atoms with Crippen molar-refractivity contribution >= 4 is 11.9 Å². The van der Waals surface area contributed by atoms with Crippen LogP contribution < -0.4 is 0 Å². The first kappa shape index (κ1) is 18.5. The van der Waals surface area contributed by atoms with E-state index in [0.717, 1.165) is 24.8 Å². The van der Waals surface area contributed by atoms with E-state index in [2.05, 4.69) is 23.2 Å². The van der Waals surface area contributed by atoms with E-state index >= 15 is 0 Å². The predicted molar refractivity (Wildman–Crippen MR) is 114 cm³/mol. The van der Waals surface area contributed by atoms with Crippen LogP contribution in [0, 0.1) is 23.1 Å². The molecule has 2 aromatic rings. The van der Waals surface area contributed by atoms with Crippen LogP contribution in [0.5, 0.6) is 5.75 Å². The number of rotatable bonds is 2. The number of nitrogens with zero attached hydrogens (tertiary/aromatic N) is 2. The molecule has 29 heavy (non-hydrogen) atoms. The smallest absolute Gasteiger partial charge is 0.123 e. The van der Waals surface area contributed by atoms with Crippen molar-refractivity contribution in [1.82, 2.24) is 0 Å². The summed E-state index contributed by atoms with van der Waals surface area (Å²) in [5, 5.41) is 18.8. The maximum Gasteiger partial charge on any atom is 0.123 e. The summed E-state index contributed by atoms with van der Waals surface area (Å²) >= 11 is 0. The van der Waals surface area contributed by atoms with Crippen LogP contribution in [-0.4, -0.2) is 17.0 Å². The van der Waals surface area contributed by atoms with Gasteiger partial charge in [0.15, 0.2) is 0 Å². The van der Waals surface area contributed by atoms with E-state index in [4.69, 9.17) is 0 Å². The van der Waals surface area contributed by atoms with Gasteiger partial charge in [0.1, 0.15) is 11.6 Å². The summed E-state index contributed by atoms with van der Waals surface area (Å²) in [6, 6.07) is 12.4. The van der Waals surface area contributed by atoms with Crippen LogP contribution in [0.25, 0.3) is 0 Å². The van der Waals surface area contributed by atoms with Crippen LogP contribution in [0.2, 0.25) is 0 Å². The van der Waals surface area contributed by atoms with Gasteiger partial charge in [0, 0.05) is 11.1 Å². The monoisotopic (exact) mass is 390 g/mol. The largest absolute Gasteiger partial charge is 0.508 e. The summed E-state index contributed by atoms with van der Waals surface area (Å²) in [6.07, 6.45) is 8.40. The van der Waals surface area contributed by atoms with E-state index in [-0.39, 0.29) is 11.2 Å². The molecule has 5 rings (SSSR count). The second-order valence-electron chi connectivity index (χ2n) is 9.14. The first-order valence-electron chi connectivity index (χ1n) is 10.7. The topological polar surface area (TPSA) is 45.0 Å². The summed E-state index contributed by atoms with van der Waals surface area (Å²) in [7, 11) is 0. The molecule has 3 nitrogen and oxygen atoms in total. The van der Waals surface area contributed by atoms with Crippen LogP contribution >= 0.6 is 0 Å².